The Morgan fingerprint density at radius 1 is 1.10 bits per heavy atom. The molecule has 1 unspecified atom stereocenters. The minimum Gasteiger partial charge on any atom is -0.475 e. The molecule has 8 nitrogen and oxygen atoms in total. The van der Waals surface area contributed by atoms with Gasteiger partial charge in [0.2, 0.25) is 5.95 Å². The maximum Gasteiger partial charge on any atom is 0.490 e. The second kappa shape index (κ2) is 8.94. The van der Waals surface area contributed by atoms with Crippen LogP contribution in [-0.4, -0.2) is 69.2 Å². The molecule has 2 aromatic rings. The lowest BCUT2D eigenvalue weighted by atomic mass is 9.79. The molecule has 4 heterocycles. The average Bonchev–Trinajstić information content (AvgIpc) is 3.39. The molecular weight excluding hydrogens is 423 g/mol. The number of amides is 1. The Morgan fingerprint density at radius 2 is 1.80 bits per heavy atom. The number of carbonyl (C=O) groups is 2. The summed E-state index contributed by atoms with van der Waals surface area (Å²) in [7, 11) is 0. The van der Waals surface area contributed by atoms with Gasteiger partial charge >= 0.3 is 12.1 Å². The van der Waals surface area contributed by atoms with Crippen molar-refractivity contribution in [3.63, 3.8) is 0 Å². The van der Waals surface area contributed by atoms with Crippen LogP contribution in [0.3, 0.4) is 0 Å². The zero-order valence-electron chi connectivity index (χ0n) is 15.9. The molecular formula is C18H20F3N5O3S. The predicted octanol–water partition coefficient (Wildman–Crippen LogP) is 2.70. The molecule has 1 atom stereocenters. The number of hydrogen-bond acceptors (Lipinski definition) is 7. The zero-order chi connectivity index (χ0) is 21.8. The van der Waals surface area contributed by atoms with Gasteiger partial charge < -0.3 is 14.9 Å². The number of thiazole rings is 1. The summed E-state index contributed by atoms with van der Waals surface area (Å²) >= 11 is 1.47. The smallest absolute Gasteiger partial charge is 0.475 e. The van der Waals surface area contributed by atoms with Gasteiger partial charge in [0.25, 0.3) is 5.91 Å². The maximum atomic E-state index is 12.6. The molecule has 2 aliphatic heterocycles. The van der Waals surface area contributed by atoms with Crippen molar-refractivity contribution in [3.8, 4) is 0 Å². The minimum absolute atomic E-state index is 0.0692. The summed E-state index contributed by atoms with van der Waals surface area (Å²) in [5.74, 6) is -1.89. The van der Waals surface area contributed by atoms with E-state index >= 15 is 0 Å². The lowest BCUT2D eigenvalue weighted by Gasteiger charge is -2.40. The van der Waals surface area contributed by atoms with Crippen molar-refractivity contribution in [2.24, 2.45) is 5.41 Å². The van der Waals surface area contributed by atoms with Crippen molar-refractivity contribution in [1.82, 2.24) is 19.9 Å². The van der Waals surface area contributed by atoms with E-state index in [0.717, 1.165) is 51.4 Å². The molecule has 30 heavy (non-hydrogen) atoms. The van der Waals surface area contributed by atoms with E-state index in [2.05, 4.69) is 19.9 Å². The minimum atomic E-state index is -5.08. The van der Waals surface area contributed by atoms with Crippen LogP contribution < -0.4 is 4.90 Å². The molecule has 1 amide bonds. The number of alkyl halides is 3. The normalized spacial score (nSPS) is 21.3. The first-order chi connectivity index (χ1) is 14.2. The number of likely N-dealkylation sites (tertiary alicyclic amines) is 1. The number of aromatic nitrogens is 3. The summed E-state index contributed by atoms with van der Waals surface area (Å²) in [6.45, 7) is 3.53. The molecule has 2 fully saturated rings. The van der Waals surface area contributed by atoms with E-state index in [1.165, 1.54) is 11.3 Å². The summed E-state index contributed by atoms with van der Waals surface area (Å²) in [6.07, 6.45) is 1.79. The van der Waals surface area contributed by atoms with Crippen molar-refractivity contribution >= 4 is 29.2 Å². The van der Waals surface area contributed by atoms with E-state index in [-0.39, 0.29) is 11.3 Å². The summed E-state index contributed by atoms with van der Waals surface area (Å²) in [4.78, 5) is 38.6. The highest BCUT2D eigenvalue weighted by Crippen LogP contribution is 2.40. The highest BCUT2D eigenvalue weighted by Gasteiger charge is 2.43. The SMILES string of the molecule is O=C(O)C(F)(F)F.O=C(c1cscn1)N1CCCC2(CCN(c3ncccn3)C2)C1. The van der Waals surface area contributed by atoms with E-state index in [1.54, 1.807) is 17.9 Å². The van der Waals surface area contributed by atoms with Gasteiger partial charge in [-0.15, -0.1) is 11.3 Å². The van der Waals surface area contributed by atoms with Crippen LogP contribution in [0.4, 0.5) is 19.1 Å². The quantitative estimate of drug-likeness (QED) is 0.762. The largest absolute Gasteiger partial charge is 0.490 e. The lowest BCUT2D eigenvalue weighted by Crippen LogP contribution is -2.47. The van der Waals surface area contributed by atoms with Crippen LogP contribution in [0.25, 0.3) is 0 Å². The molecule has 0 bridgehead atoms. The van der Waals surface area contributed by atoms with Gasteiger partial charge in [-0.2, -0.15) is 13.2 Å². The van der Waals surface area contributed by atoms with Crippen LogP contribution in [0.2, 0.25) is 0 Å². The fourth-order valence-electron chi connectivity index (χ4n) is 3.75. The molecule has 0 radical (unpaired) electrons. The number of carbonyl (C=O) groups excluding carboxylic acids is 1. The highest BCUT2D eigenvalue weighted by atomic mass is 32.1. The molecule has 0 aliphatic carbocycles. The maximum absolute atomic E-state index is 12.6. The predicted molar refractivity (Wildman–Crippen MR) is 102 cm³/mol. The Labute approximate surface area is 174 Å². The van der Waals surface area contributed by atoms with Gasteiger partial charge in [-0.3, -0.25) is 4.79 Å². The van der Waals surface area contributed by atoms with E-state index < -0.39 is 12.1 Å². The third-order valence-electron chi connectivity index (χ3n) is 5.12. The Kier molecular flexibility index (Phi) is 6.54. The van der Waals surface area contributed by atoms with Gasteiger partial charge in [-0.25, -0.2) is 19.7 Å². The third-order valence-corrected chi connectivity index (χ3v) is 5.70. The molecule has 0 aromatic carbocycles. The average molecular weight is 443 g/mol. The first-order valence-corrected chi connectivity index (χ1v) is 10.1. The number of carboxylic acid groups (broad SMARTS) is 1. The van der Waals surface area contributed by atoms with Gasteiger partial charge in [0.15, 0.2) is 0 Å². The fourth-order valence-corrected chi connectivity index (χ4v) is 4.28. The van der Waals surface area contributed by atoms with Gasteiger partial charge in [-0.05, 0) is 25.3 Å². The van der Waals surface area contributed by atoms with Crippen molar-refractivity contribution in [1.29, 1.82) is 0 Å². The molecule has 2 aromatic heterocycles. The van der Waals surface area contributed by atoms with E-state index in [4.69, 9.17) is 9.90 Å². The number of piperidine rings is 1. The molecule has 4 rings (SSSR count). The van der Waals surface area contributed by atoms with E-state index in [1.807, 2.05) is 16.3 Å². The number of carboxylic acids is 1. The monoisotopic (exact) mass is 443 g/mol. The van der Waals surface area contributed by atoms with Crippen LogP contribution in [0, 0.1) is 5.41 Å². The van der Waals surface area contributed by atoms with Crippen LogP contribution in [0.5, 0.6) is 0 Å². The Balaban J connectivity index is 0.000000318. The molecule has 1 spiro atoms. The van der Waals surface area contributed by atoms with Crippen molar-refractivity contribution in [3.05, 3.63) is 35.0 Å². The van der Waals surface area contributed by atoms with Crippen LogP contribution in [-0.2, 0) is 4.79 Å². The number of hydrogen-bond donors (Lipinski definition) is 1. The number of rotatable bonds is 2. The summed E-state index contributed by atoms with van der Waals surface area (Å²) in [5, 5.41) is 8.96. The second-order valence-corrected chi connectivity index (χ2v) is 7.95. The third kappa shape index (κ3) is 5.23. The molecule has 0 saturated carbocycles. The standard InChI is InChI=1S/C16H19N5OS.C2HF3O2/c22-14(13-9-23-12-19-13)20-7-1-3-16(10-20)4-8-21(11-16)15-17-5-2-6-18-15;3-2(4,5)1(6)7/h2,5-6,9,12H,1,3-4,7-8,10-11H2;(H,6,7). The number of anilines is 1. The highest BCUT2D eigenvalue weighted by molar-refractivity contribution is 7.07. The van der Waals surface area contributed by atoms with E-state index in [0.29, 0.717) is 5.69 Å². The number of aliphatic carboxylic acids is 1. The van der Waals surface area contributed by atoms with E-state index in [9.17, 15) is 18.0 Å². The topological polar surface area (TPSA) is 99.5 Å². The van der Waals surface area contributed by atoms with Gasteiger partial charge in [0.1, 0.15) is 5.69 Å². The lowest BCUT2D eigenvalue weighted by molar-refractivity contribution is -0.192. The summed E-state index contributed by atoms with van der Waals surface area (Å²) in [6, 6.07) is 1.84. The molecule has 12 heteroatoms. The van der Waals surface area contributed by atoms with Crippen LogP contribution >= 0.6 is 11.3 Å². The Bertz CT molecular complexity index is 866. The first-order valence-electron chi connectivity index (χ1n) is 9.20. The summed E-state index contributed by atoms with van der Waals surface area (Å²) in [5.41, 5.74) is 2.47. The second-order valence-electron chi connectivity index (χ2n) is 7.23. The number of nitrogens with zero attached hydrogens (tertiary/aromatic N) is 5. The van der Waals surface area contributed by atoms with Gasteiger partial charge in [-0.1, -0.05) is 0 Å². The van der Waals surface area contributed by atoms with Gasteiger partial charge in [0, 0.05) is 49.4 Å². The summed E-state index contributed by atoms with van der Waals surface area (Å²) < 4.78 is 31.7. The number of halogens is 3. The van der Waals surface area contributed by atoms with Crippen LogP contribution in [0.1, 0.15) is 29.8 Å². The van der Waals surface area contributed by atoms with Crippen molar-refractivity contribution in [2.45, 2.75) is 25.4 Å². The Hall–Kier alpha value is -2.76. The first kappa shape index (κ1) is 21.9. The molecule has 2 saturated heterocycles. The fraction of sp³-hybridized carbons (Fsp3) is 0.500. The molecule has 2 aliphatic rings. The Morgan fingerprint density at radius 3 is 2.40 bits per heavy atom. The molecule has 162 valence electrons. The molecule has 1 N–H and O–H groups in total. The van der Waals surface area contributed by atoms with Gasteiger partial charge in [0.05, 0.1) is 5.51 Å². The van der Waals surface area contributed by atoms with Crippen molar-refractivity contribution < 1.29 is 27.9 Å². The van der Waals surface area contributed by atoms with Crippen LogP contribution in [0.15, 0.2) is 29.4 Å². The van der Waals surface area contributed by atoms with Crippen molar-refractivity contribution in [2.75, 3.05) is 31.1 Å². The zero-order valence-corrected chi connectivity index (χ0v) is 16.7.